The number of ether oxygens (including phenoxy) is 4. The van der Waals surface area contributed by atoms with Crippen molar-refractivity contribution in [2.75, 3.05) is 21.7 Å². The second kappa shape index (κ2) is 24.2. The molecule has 14 nitrogen and oxygen atoms in total. The van der Waals surface area contributed by atoms with Gasteiger partial charge in [0.15, 0.2) is 0 Å². The Morgan fingerprint density at radius 3 is 1.21 bits per heavy atom. The molecule has 0 fully saturated rings. The number of anilines is 4. The van der Waals surface area contributed by atoms with Crippen LogP contribution >= 0.6 is 0 Å². The van der Waals surface area contributed by atoms with Crippen molar-refractivity contribution in [3.05, 3.63) is 215 Å². The Morgan fingerprint density at radius 2 is 0.789 bits per heavy atom. The Balaban J connectivity index is 0.822. The molecule has 0 aliphatic rings. The first-order valence-corrected chi connectivity index (χ1v) is 24.9. The van der Waals surface area contributed by atoms with Crippen molar-refractivity contribution in [3.63, 3.8) is 0 Å². The van der Waals surface area contributed by atoms with Crippen LogP contribution in [0.15, 0.2) is 182 Å². The molecular formula is C56H57N5O9Si. The first kappa shape index (κ1) is 50.5. The van der Waals surface area contributed by atoms with Gasteiger partial charge in [0.1, 0.15) is 26.4 Å². The summed E-state index contributed by atoms with van der Waals surface area (Å²) in [5.41, 5.74) is 12.2. The van der Waals surface area contributed by atoms with Gasteiger partial charge >= 0.3 is 24.4 Å². The van der Waals surface area contributed by atoms with E-state index >= 15 is 0 Å². The quantitative estimate of drug-likeness (QED) is 0.0314. The molecule has 0 saturated heterocycles. The summed E-state index contributed by atoms with van der Waals surface area (Å²) in [6.45, 7) is 7.28. The van der Waals surface area contributed by atoms with Crippen molar-refractivity contribution in [2.24, 2.45) is 0 Å². The molecule has 7 aromatic rings. The minimum absolute atomic E-state index is 0.0303. The molecule has 7 aromatic carbocycles. The predicted octanol–water partition coefficient (Wildman–Crippen LogP) is 11.0. The van der Waals surface area contributed by atoms with Gasteiger partial charge in [-0.3, -0.25) is 16.0 Å². The van der Waals surface area contributed by atoms with E-state index in [1.54, 1.807) is 97.1 Å². The molecule has 15 heteroatoms. The Hall–Kier alpha value is -8.40. The topological polar surface area (TPSA) is 189 Å². The molecule has 0 atom stereocenters. The molecule has 4 amide bonds. The summed E-state index contributed by atoms with van der Waals surface area (Å²) in [5, 5.41) is 13.1. The molecule has 7 rings (SSSR count). The van der Waals surface area contributed by atoms with Crippen molar-refractivity contribution < 1.29 is 42.6 Å². The highest BCUT2D eigenvalue weighted by molar-refractivity contribution is 6.99. The molecular weight excluding hydrogens is 915 g/mol. The standard InChI is InChI=1S/C56H57N5O9Si/c1-56(2,3)71(50-25-6-4-7-26-50,51-27-8-5-9-28-51)70-39-41-16-10-15-40(29-41)34-58-52(62)66-36-43-18-12-22-47(31-43)60-54(64)68-38-45-20-14-24-49(33-45)61-55(65)69-37-44-19-13-23-48(32-44)59-53(63)67-35-42-17-11-21-46(57)30-42/h4-33H,34-39,57H2,1-3H3,(H,58,62)(H,59,63)(H,60,64)(H,61,65). The third-order valence-electron chi connectivity index (χ3n) is 11.3. The molecule has 71 heavy (non-hydrogen) atoms. The maximum absolute atomic E-state index is 12.8. The largest absolute Gasteiger partial charge is 0.445 e. The predicted molar refractivity (Wildman–Crippen MR) is 277 cm³/mol. The second-order valence-electron chi connectivity index (χ2n) is 17.7. The van der Waals surface area contributed by atoms with Gasteiger partial charge in [-0.2, -0.15) is 0 Å². The molecule has 0 spiro atoms. The molecule has 0 aliphatic carbocycles. The minimum atomic E-state index is -2.73. The highest BCUT2D eigenvalue weighted by Gasteiger charge is 2.50. The van der Waals surface area contributed by atoms with Gasteiger partial charge < -0.3 is 34.4 Å². The molecule has 0 heterocycles. The lowest BCUT2D eigenvalue weighted by molar-refractivity contribution is 0.139. The maximum Gasteiger partial charge on any atom is 0.411 e. The first-order valence-electron chi connectivity index (χ1n) is 23.0. The van der Waals surface area contributed by atoms with Crippen LogP contribution in [0.25, 0.3) is 0 Å². The number of nitrogen functional groups attached to an aromatic ring is 1. The Morgan fingerprint density at radius 1 is 0.423 bits per heavy atom. The molecule has 0 radical (unpaired) electrons. The van der Waals surface area contributed by atoms with Gasteiger partial charge in [-0.1, -0.05) is 154 Å². The molecule has 6 N–H and O–H groups in total. The molecule has 0 bridgehead atoms. The number of hydrogen-bond donors (Lipinski definition) is 5. The minimum Gasteiger partial charge on any atom is -0.445 e. The monoisotopic (exact) mass is 971 g/mol. The number of carbonyl (C=O) groups excluding carboxylic acids is 4. The van der Waals surface area contributed by atoms with Gasteiger partial charge in [0.05, 0.1) is 6.61 Å². The third-order valence-corrected chi connectivity index (χ3v) is 16.2. The summed E-state index contributed by atoms with van der Waals surface area (Å²) in [4.78, 5) is 50.6. The van der Waals surface area contributed by atoms with E-state index in [1.807, 2.05) is 36.4 Å². The summed E-state index contributed by atoms with van der Waals surface area (Å²) >= 11 is 0. The zero-order valence-corrected chi connectivity index (χ0v) is 40.8. The van der Waals surface area contributed by atoms with Gasteiger partial charge in [0.2, 0.25) is 0 Å². The zero-order valence-electron chi connectivity index (χ0n) is 39.8. The van der Waals surface area contributed by atoms with Gasteiger partial charge in [0, 0.05) is 29.3 Å². The van der Waals surface area contributed by atoms with E-state index < -0.39 is 32.7 Å². The highest BCUT2D eigenvalue weighted by Crippen LogP contribution is 2.37. The van der Waals surface area contributed by atoms with Crippen molar-refractivity contribution in [2.45, 2.75) is 65.4 Å². The van der Waals surface area contributed by atoms with Crippen LogP contribution < -0.4 is 37.4 Å². The van der Waals surface area contributed by atoms with Gasteiger partial charge in [-0.25, -0.2) is 19.2 Å². The van der Waals surface area contributed by atoms with Crippen LogP contribution in [0.3, 0.4) is 0 Å². The summed E-state index contributed by atoms with van der Waals surface area (Å²) < 4.78 is 28.7. The summed E-state index contributed by atoms with van der Waals surface area (Å²) in [6, 6.07) is 56.5. The molecule has 364 valence electrons. The lowest BCUT2D eigenvalue weighted by atomic mass is 10.1. The number of amides is 4. The number of carbonyl (C=O) groups is 4. The fraction of sp³-hybridized carbons (Fsp3) is 0.179. The van der Waals surface area contributed by atoms with E-state index in [0.717, 1.165) is 16.7 Å². The number of nitrogens with one attached hydrogen (secondary N) is 4. The van der Waals surface area contributed by atoms with Gasteiger partial charge in [-0.05, 0) is 97.3 Å². The van der Waals surface area contributed by atoms with Crippen LogP contribution in [0, 0.1) is 0 Å². The maximum atomic E-state index is 12.8. The smallest absolute Gasteiger partial charge is 0.411 e. The van der Waals surface area contributed by atoms with Crippen LogP contribution in [0.1, 0.15) is 54.2 Å². The van der Waals surface area contributed by atoms with Crippen molar-refractivity contribution in [3.8, 4) is 0 Å². The van der Waals surface area contributed by atoms with E-state index in [4.69, 9.17) is 29.1 Å². The first-order chi connectivity index (χ1) is 34.3. The van der Waals surface area contributed by atoms with Crippen LogP contribution in [0.5, 0.6) is 0 Å². The number of hydrogen-bond acceptors (Lipinski definition) is 10. The van der Waals surface area contributed by atoms with Crippen molar-refractivity contribution in [1.29, 1.82) is 0 Å². The lowest BCUT2D eigenvalue weighted by Gasteiger charge is -2.43. The van der Waals surface area contributed by atoms with Crippen LogP contribution in [0.4, 0.5) is 41.9 Å². The van der Waals surface area contributed by atoms with Gasteiger partial charge in [0.25, 0.3) is 8.32 Å². The van der Waals surface area contributed by atoms with Crippen LogP contribution in [0.2, 0.25) is 5.04 Å². The van der Waals surface area contributed by atoms with E-state index in [-0.39, 0.29) is 38.0 Å². The average Bonchev–Trinajstić information content (AvgIpc) is 3.36. The highest BCUT2D eigenvalue weighted by atomic mass is 28.4. The molecule has 0 aromatic heterocycles. The van der Waals surface area contributed by atoms with E-state index in [1.165, 1.54) is 10.4 Å². The zero-order chi connectivity index (χ0) is 50.1. The van der Waals surface area contributed by atoms with Crippen LogP contribution in [-0.2, 0) is 63.0 Å². The fourth-order valence-electron chi connectivity index (χ4n) is 7.96. The SMILES string of the molecule is CC(C)(C)[Si](OCc1cccc(CNC(=O)OCc2cccc(NC(=O)OCc3cccc(NC(=O)OCc4cccc(NC(=O)OCc5cccc(N)c5)c4)c3)c2)c1)(c1ccccc1)c1ccccc1. The summed E-state index contributed by atoms with van der Waals surface area (Å²) in [7, 11) is -2.73. The van der Waals surface area contributed by atoms with Crippen LogP contribution in [-0.4, -0.2) is 32.7 Å². The second-order valence-corrected chi connectivity index (χ2v) is 22.0. The fourth-order valence-corrected chi connectivity index (χ4v) is 12.5. The average molecular weight is 972 g/mol. The van der Waals surface area contributed by atoms with E-state index in [0.29, 0.717) is 46.0 Å². The third kappa shape index (κ3) is 14.8. The Kier molecular flexibility index (Phi) is 17.2. The molecule has 0 unspecified atom stereocenters. The number of alkyl carbamates (subject to hydrolysis) is 1. The molecule has 0 aliphatic heterocycles. The number of benzene rings is 7. The Labute approximate surface area is 414 Å². The van der Waals surface area contributed by atoms with Crippen molar-refractivity contribution >= 4 is 65.8 Å². The number of nitrogens with two attached hydrogens (primary N) is 1. The molecule has 0 saturated carbocycles. The number of rotatable bonds is 18. The van der Waals surface area contributed by atoms with E-state index in [2.05, 4.69) is 90.6 Å². The normalized spacial score (nSPS) is 11.1. The summed E-state index contributed by atoms with van der Waals surface area (Å²) in [6.07, 6.45) is -2.65. The van der Waals surface area contributed by atoms with Crippen molar-refractivity contribution in [1.82, 2.24) is 5.32 Å². The van der Waals surface area contributed by atoms with E-state index in [9.17, 15) is 19.2 Å². The lowest BCUT2D eigenvalue weighted by Crippen LogP contribution is -2.66. The Bertz CT molecular complexity index is 2870. The summed E-state index contributed by atoms with van der Waals surface area (Å²) in [5.74, 6) is 0. The van der Waals surface area contributed by atoms with Gasteiger partial charge in [-0.15, -0.1) is 0 Å².